The van der Waals surface area contributed by atoms with Gasteiger partial charge in [-0.05, 0) is 70.4 Å². The smallest absolute Gasteiger partial charge is 0.0618 e. The van der Waals surface area contributed by atoms with Crippen molar-refractivity contribution in [3.63, 3.8) is 0 Å². The monoisotopic (exact) mass is 586 g/mol. The fourth-order valence-electron chi connectivity index (χ4n) is 7.20. The van der Waals surface area contributed by atoms with Gasteiger partial charge in [-0.15, -0.1) is 0 Å². The highest BCUT2D eigenvalue weighted by atomic mass is 15.1. The van der Waals surface area contributed by atoms with Gasteiger partial charge in [-0.2, -0.15) is 0 Å². The summed E-state index contributed by atoms with van der Waals surface area (Å²) in [7, 11) is 0. The molecule has 9 rings (SSSR count). The third-order valence-electron chi connectivity index (χ3n) is 9.13. The standard InChI is InChI=1S/C44H30N2/c1-4-16-31(17-5-1)43-36-23-10-12-25-38(36)44(39-26-13-11-24-37(39)43)45(32-18-6-2-7-19-32)34-28-29-42-40(30-34)35-22-14-15-27-41(35)46(42)33-20-8-3-9-21-33/h1-30H. The number of fused-ring (bicyclic) bond motifs is 5. The molecule has 1 aromatic heterocycles. The van der Waals surface area contributed by atoms with Crippen LogP contribution in [0.15, 0.2) is 182 Å². The number of hydrogen-bond donors (Lipinski definition) is 0. The first-order valence-electron chi connectivity index (χ1n) is 15.8. The molecule has 0 aliphatic carbocycles. The van der Waals surface area contributed by atoms with Crippen LogP contribution in [0.2, 0.25) is 0 Å². The Morgan fingerprint density at radius 3 is 1.50 bits per heavy atom. The molecule has 9 aromatic rings. The van der Waals surface area contributed by atoms with Gasteiger partial charge in [0.05, 0.1) is 16.7 Å². The van der Waals surface area contributed by atoms with Crippen LogP contribution in [0.5, 0.6) is 0 Å². The quantitative estimate of drug-likeness (QED) is 0.182. The molecule has 0 atom stereocenters. The van der Waals surface area contributed by atoms with Crippen molar-refractivity contribution < 1.29 is 0 Å². The minimum Gasteiger partial charge on any atom is -0.309 e. The molecule has 0 saturated carbocycles. The van der Waals surface area contributed by atoms with Crippen molar-refractivity contribution in [2.75, 3.05) is 4.90 Å². The van der Waals surface area contributed by atoms with Crippen LogP contribution in [0.1, 0.15) is 0 Å². The van der Waals surface area contributed by atoms with Crippen LogP contribution in [-0.2, 0) is 0 Å². The maximum atomic E-state index is 2.45. The zero-order valence-electron chi connectivity index (χ0n) is 25.2. The maximum Gasteiger partial charge on any atom is 0.0618 e. The molecule has 2 nitrogen and oxygen atoms in total. The molecule has 0 bridgehead atoms. The Kier molecular flexibility index (Phi) is 6.17. The average Bonchev–Trinajstić information content (AvgIpc) is 3.46. The Morgan fingerprint density at radius 2 is 0.848 bits per heavy atom. The van der Waals surface area contributed by atoms with Crippen molar-refractivity contribution >= 4 is 60.4 Å². The van der Waals surface area contributed by atoms with E-state index in [-0.39, 0.29) is 0 Å². The van der Waals surface area contributed by atoms with E-state index in [1.807, 2.05) is 0 Å². The number of aromatic nitrogens is 1. The van der Waals surface area contributed by atoms with Gasteiger partial charge >= 0.3 is 0 Å². The van der Waals surface area contributed by atoms with Crippen LogP contribution in [-0.4, -0.2) is 4.57 Å². The van der Waals surface area contributed by atoms with Gasteiger partial charge in [0.1, 0.15) is 0 Å². The second kappa shape index (κ2) is 10.8. The molecule has 0 unspecified atom stereocenters. The normalized spacial score (nSPS) is 11.5. The van der Waals surface area contributed by atoms with Gasteiger partial charge in [0, 0.05) is 38.6 Å². The molecule has 0 aliphatic heterocycles. The lowest BCUT2D eigenvalue weighted by Gasteiger charge is -2.29. The van der Waals surface area contributed by atoms with Crippen LogP contribution >= 0.6 is 0 Å². The van der Waals surface area contributed by atoms with E-state index in [1.165, 1.54) is 60.2 Å². The van der Waals surface area contributed by atoms with Crippen molar-refractivity contribution in [1.82, 2.24) is 4.57 Å². The van der Waals surface area contributed by atoms with Gasteiger partial charge < -0.3 is 9.47 Å². The van der Waals surface area contributed by atoms with E-state index >= 15 is 0 Å². The highest BCUT2D eigenvalue weighted by molar-refractivity contribution is 6.22. The molecule has 8 aromatic carbocycles. The SMILES string of the molecule is c1ccc(-c2c3ccccc3c(N(c3ccccc3)c3ccc4c(c3)c3ccccc3n4-c3ccccc3)c3ccccc23)cc1. The lowest BCUT2D eigenvalue weighted by atomic mass is 9.90. The van der Waals surface area contributed by atoms with Crippen molar-refractivity contribution in [2.24, 2.45) is 0 Å². The summed E-state index contributed by atoms with van der Waals surface area (Å²) in [6, 6.07) is 65.6. The summed E-state index contributed by atoms with van der Waals surface area (Å²) in [4.78, 5) is 2.45. The van der Waals surface area contributed by atoms with Crippen LogP contribution in [0, 0.1) is 0 Å². The summed E-state index contributed by atoms with van der Waals surface area (Å²) in [5.41, 5.74) is 9.48. The molecular weight excluding hydrogens is 556 g/mol. The Hall–Kier alpha value is -6.12. The first-order valence-corrected chi connectivity index (χ1v) is 15.8. The van der Waals surface area contributed by atoms with E-state index in [0.29, 0.717) is 0 Å². The van der Waals surface area contributed by atoms with Gasteiger partial charge in [-0.25, -0.2) is 0 Å². The highest BCUT2D eigenvalue weighted by Gasteiger charge is 2.23. The Labute approximate surface area is 268 Å². The van der Waals surface area contributed by atoms with Gasteiger partial charge in [0.25, 0.3) is 0 Å². The molecule has 0 spiro atoms. The van der Waals surface area contributed by atoms with Gasteiger partial charge in [-0.1, -0.05) is 133 Å². The van der Waals surface area contributed by atoms with E-state index in [9.17, 15) is 0 Å². The van der Waals surface area contributed by atoms with E-state index in [4.69, 9.17) is 0 Å². The molecule has 0 saturated heterocycles. The fraction of sp³-hybridized carbons (Fsp3) is 0. The third kappa shape index (κ3) is 4.12. The first kappa shape index (κ1) is 26.3. The molecular formula is C44H30N2. The zero-order valence-corrected chi connectivity index (χ0v) is 25.2. The van der Waals surface area contributed by atoms with Gasteiger partial charge in [0.2, 0.25) is 0 Å². The minimum absolute atomic E-state index is 1.12. The van der Waals surface area contributed by atoms with Gasteiger partial charge in [0.15, 0.2) is 0 Å². The summed E-state index contributed by atoms with van der Waals surface area (Å²) in [6.07, 6.45) is 0. The Bertz CT molecular complexity index is 2460. The van der Waals surface area contributed by atoms with Crippen molar-refractivity contribution in [3.8, 4) is 16.8 Å². The number of nitrogens with zero attached hydrogens (tertiary/aromatic N) is 2. The predicted octanol–water partition coefficient (Wildman–Crippen LogP) is 12.2. The van der Waals surface area contributed by atoms with Crippen LogP contribution in [0.3, 0.4) is 0 Å². The largest absolute Gasteiger partial charge is 0.309 e. The number of para-hydroxylation sites is 3. The van der Waals surface area contributed by atoms with Crippen LogP contribution < -0.4 is 4.90 Å². The fourth-order valence-corrected chi connectivity index (χ4v) is 7.20. The van der Waals surface area contributed by atoms with Crippen LogP contribution in [0.4, 0.5) is 17.1 Å². The lowest BCUT2D eigenvalue weighted by Crippen LogP contribution is -2.11. The topological polar surface area (TPSA) is 8.17 Å². The number of hydrogen-bond acceptors (Lipinski definition) is 1. The van der Waals surface area contributed by atoms with E-state index < -0.39 is 0 Å². The first-order chi connectivity index (χ1) is 22.9. The number of anilines is 3. The van der Waals surface area contributed by atoms with Crippen molar-refractivity contribution in [3.05, 3.63) is 182 Å². The summed E-state index contributed by atoms with van der Waals surface area (Å²) in [5.74, 6) is 0. The van der Waals surface area contributed by atoms with E-state index in [2.05, 4.69) is 191 Å². The van der Waals surface area contributed by atoms with Crippen molar-refractivity contribution in [2.45, 2.75) is 0 Å². The van der Waals surface area contributed by atoms with Crippen LogP contribution in [0.25, 0.3) is 60.2 Å². The Morgan fingerprint density at radius 1 is 0.348 bits per heavy atom. The zero-order chi connectivity index (χ0) is 30.5. The summed E-state index contributed by atoms with van der Waals surface area (Å²) < 4.78 is 2.38. The number of benzene rings is 8. The predicted molar refractivity (Wildman–Crippen MR) is 196 cm³/mol. The molecule has 0 fully saturated rings. The third-order valence-corrected chi connectivity index (χ3v) is 9.13. The second-order valence-corrected chi connectivity index (χ2v) is 11.7. The molecule has 0 aliphatic rings. The molecule has 0 radical (unpaired) electrons. The molecule has 1 heterocycles. The van der Waals surface area contributed by atoms with Gasteiger partial charge in [-0.3, -0.25) is 0 Å². The number of rotatable bonds is 5. The Balaban J connectivity index is 1.38. The summed E-state index contributed by atoms with van der Waals surface area (Å²) >= 11 is 0. The minimum atomic E-state index is 1.12. The molecule has 46 heavy (non-hydrogen) atoms. The summed E-state index contributed by atoms with van der Waals surface area (Å²) in [5, 5.41) is 7.39. The molecule has 0 amide bonds. The molecule has 216 valence electrons. The highest BCUT2D eigenvalue weighted by Crippen LogP contribution is 2.48. The molecule has 0 N–H and O–H groups in total. The lowest BCUT2D eigenvalue weighted by molar-refractivity contribution is 1.18. The second-order valence-electron chi connectivity index (χ2n) is 11.7. The maximum absolute atomic E-state index is 2.45. The summed E-state index contributed by atoms with van der Waals surface area (Å²) in [6.45, 7) is 0. The average molecular weight is 587 g/mol. The van der Waals surface area contributed by atoms with Crippen molar-refractivity contribution in [1.29, 1.82) is 0 Å². The van der Waals surface area contributed by atoms with E-state index in [1.54, 1.807) is 0 Å². The van der Waals surface area contributed by atoms with E-state index in [0.717, 1.165) is 17.1 Å². The molecule has 2 heteroatoms.